The van der Waals surface area contributed by atoms with Gasteiger partial charge in [-0.1, -0.05) is 17.7 Å². The number of benzene rings is 1. The van der Waals surface area contributed by atoms with Crippen LogP contribution in [-0.4, -0.2) is 54.4 Å². The Morgan fingerprint density at radius 3 is 2.73 bits per heavy atom. The summed E-state index contributed by atoms with van der Waals surface area (Å²) in [5.41, 5.74) is -0.633. The largest absolute Gasteiger partial charge is 0.484 e. The van der Waals surface area contributed by atoms with Gasteiger partial charge in [-0.3, -0.25) is 4.79 Å². The highest BCUT2D eigenvalue weighted by atomic mass is 35.5. The fraction of sp³-hybridized carbons (Fsp3) is 0.556. The van der Waals surface area contributed by atoms with Crippen molar-refractivity contribution in [3.63, 3.8) is 0 Å². The van der Waals surface area contributed by atoms with Crippen molar-refractivity contribution in [1.29, 1.82) is 0 Å². The molecule has 26 heavy (non-hydrogen) atoms. The first-order valence-electron chi connectivity index (χ1n) is 8.44. The number of alkyl halides is 1. The van der Waals surface area contributed by atoms with Crippen LogP contribution in [0.25, 0.3) is 0 Å². The zero-order chi connectivity index (χ0) is 19.3. The number of carbonyl (C=O) groups is 2. The molecular weight excluding hydrogens is 363 g/mol. The molecule has 0 unspecified atom stereocenters. The monoisotopic (exact) mass is 386 g/mol. The molecule has 0 saturated carbocycles. The van der Waals surface area contributed by atoms with Gasteiger partial charge in [-0.2, -0.15) is 0 Å². The highest BCUT2D eigenvalue weighted by Gasteiger charge is 2.34. The minimum Gasteiger partial charge on any atom is -0.484 e. The Balaban J connectivity index is 1.78. The first kappa shape index (κ1) is 20.3. The van der Waals surface area contributed by atoms with Gasteiger partial charge >= 0.3 is 6.09 Å². The van der Waals surface area contributed by atoms with Gasteiger partial charge in [0.15, 0.2) is 6.61 Å². The summed E-state index contributed by atoms with van der Waals surface area (Å²) in [6.07, 6.45) is -1.61. The van der Waals surface area contributed by atoms with Crippen molar-refractivity contribution in [2.45, 2.75) is 45.0 Å². The Kier molecular flexibility index (Phi) is 6.69. The Bertz CT molecular complexity index is 650. The molecule has 1 aromatic carbocycles. The minimum absolute atomic E-state index is 0.116. The lowest BCUT2D eigenvalue weighted by Crippen LogP contribution is -2.55. The maximum Gasteiger partial charge on any atom is 0.410 e. The van der Waals surface area contributed by atoms with Crippen LogP contribution in [0.5, 0.6) is 5.75 Å². The molecule has 0 spiro atoms. The topological polar surface area (TPSA) is 67.9 Å². The molecule has 1 heterocycles. The van der Waals surface area contributed by atoms with Crippen molar-refractivity contribution >= 4 is 23.6 Å². The van der Waals surface area contributed by atoms with E-state index < -0.39 is 29.8 Å². The van der Waals surface area contributed by atoms with E-state index in [-0.39, 0.29) is 13.2 Å². The average Bonchev–Trinajstić information content (AvgIpc) is 2.53. The fourth-order valence-electron chi connectivity index (χ4n) is 2.51. The van der Waals surface area contributed by atoms with Gasteiger partial charge in [0.1, 0.15) is 17.5 Å². The van der Waals surface area contributed by atoms with E-state index in [1.807, 2.05) is 0 Å². The van der Waals surface area contributed by atoms with Crippen LogP contribution in [0.2, 0.25) is 5.02 Å². The molecule has 1 N–H and O–H groups in total. The molecule has 0 bridgehead atoms. The third-order valence-corrected chi connectivity index (χ3v) is 3.94. The molecular formula is C18H24ClFN2O4. The number of halogens is 2. The van der Waals surface area contributed by atoms with E-state index in [1.54, 1.807) is 45.0 Å². The summed E-state index contributed by atoms with van der Waals surface area (Å²) in [6, 6.07) is 6.01. The molecule has 2 rings (SSSR count). The third kappa shape index (κ3) is 6.37. The molecule has 2 atom stereocenters. The van der Waals surface area contributed by atoms with Gasteiger partial charge in [-0.15, -0.1) is 0 Å². The number of nitrogens with zero attached hydrogens (tertiary/aromatic N) is 1. The lowest BCUT2D eigenvalue weighted by molar-refractivity contribution is -0.124. The number of nitrogens with one attached hydrogen (secondary N) is 1. The fourth-order valence-corrected chi connectivity index (χ4v) is 2.69. The normalized spacial score (nSPS) is 20.4. The Morgan fingerprint density at radius 1 is 1.38 bits per heavy atom. The van der Waals surface area contributed by atoms with Crippen LogP contribution in [0.1, 0.15) is 27.2 Å². The van der Waals surface area contributed by atoms with E-state index in [0.29, 0.717) is 23.7 Å². The highest BCUT2D eigenvalue weighted by molar-refractivity contribution is 6.30. The summed E-state index contributed by atoms with van der Waals surface area (Å²) in [6.45, 7) is 5.23. The molecule has 1 aliphatic rings. The summed E-state index contributed by atoms with van der Waals surface area (Å²) < 4.78 is 24.9. The van der Waals surface area contributed by atoms with Crippen LogP contribution < -0.4 is 10.1 Å². The van der Waals surface area contributed by atoms with Gasteiger partial charge in [0, 0.05) is 11.6 Å². The molecule has 0 aliphatic carbocycles. The van der Waals surface area contributed by atoms with Crippen LogP contribution >= 0.6 is 11.6 Å². The lowest BCUT2D eigenvalue weighted by atomic mass is 10.0. The number of amides is 2. The second-order valence-electron chi connectivity index (χ2n) is 7.15. The van der Waals surface area contributed by atoms with Gasteiger partial charge in [0.25, 0.3) is 5.91 Å². The van der Waals surface area contributed by atoms with Gasteiger partial charge in [-0.25, -0.2) is 9.18 Å². The first-order valence-corrected chi connectivity index (χ1v) is 8.81. The van der Waals surface area contributed by atoms with E-state index in [1.165, 1.54) is 4.90 Å². The Hall–Kier alpha value is -2.02. The van der Waals surface area contributed by atoms with Gasteiger partial charge in [-0.05, 0) is 45.4 Å². The lowest BCUT2D eigenvalue weighted by Gasteiger charge is -2.35. The van der Waals surface area contributed by atoms with Crippen LogP contribution in [0, 0.1) is 0 Å². The Labute approximate surface area is 157 Å². The van der Waals surface area contributed by atoms with Gasteiger partial charge in [0.05, 0.1) is 12.6 Å². The number of rotatable bonds is 4. The second kappa shape index (κ2) is 8.58. The summed E-state index contributed by atoms with van der Waals surface area (Å²) in [5.74, 6) is 0.0348. The molecule has 144 valence electrons. The first-order chi connectivity index (χ1) is 12.1. The quantitative estimate of drug-likeness (QED) is 0.863. The summed E-state index contributed by atoms with van der Waals surface area (Å²) in [7, 11) is 0. The molecule has 1 aliphatic heterocycles. The van der Waals surface area contributed by atoms with E-state index in [2.05, 4.69) is 5.32 Å². The van der Waals surface area contributed by atoms with Crippen molar-refractivity contribution in [3.8, 4) is 5.75 Å². The molecule has 2 amide bonds. The van der Waals surface area contributed by atoms with Gasteiger partial charge < -0.3 is 19.7 Å². The van der Waals surface area contributed by atoms with Crippen molar-refractivity contribution in [1.82, 2.24) is 10.2 Å². The molecule has 1 aromatic rings. The summed E-state index contributed by atoms with van der Waals surface area (Å²) in [5, 5.41) is 3.11. The van der Waals surface area contributed by atoms with Crippen molar-refractivity contribution in [2.24, 2.45) is 0 Å². The van der Waals surface area contributed by atoms with E-state index >= 15 is 0 Å². The number of ether oxygens (including phenoxy) is 2. The number of carbonyl (C=O) groups excluding carboxylic acids is 2. The molecule has 1 saturated heterocycles. The van der Waals surface area contributed by atoms with E-state index in [0.717, 1.165) is 0 Å². The van der Waals surface area contributed by atoms with Gasteiger partial charge in [0.2, 0.25) is 0 Å². The SMILES string of the molecule is CC(C)(C)OC(=O)N1CC[C@@H](NC(=O)COc2cccc(Cl)c2)[C@H](F)C1. The van der Waals surface area contributed by atoms with Crippen molar-refractivity contribution in [2.75, 3.05) is 19.7 Å². The van der Waals surface area contributed by atoms with Crippen molar-refractivity contribution in [3.05, 3.63) is 29.3 Å². The van der Waals surface area contributed by atoms with Crippen molar-refractivity contribution < 1.29 is 23.5 Å². The average molecular weight is 387 g/mol. The van der Waals surface area contributed by atoms with Crippen LogP contribution in [0.3, 0.4) is 0 Å². The molecule has 0 radical (unpaired) electrons. The predicted molar refractivity (Wildman–Crippen MR) is 96.2 cm³/mol. The molecule has 8 heteroatoms. The van der Waals surface area contributed by atoms with Crippen LogP contribution in [0.15, 0.2) is 24.3 Å². The molecule has 0 aromatic heterocycles. The number of likely N-dealkylation sites (tertiary alicyclic amines) is 1. The zero-order valence-corrected chi connectivity index (χ0v) is 15.9. The van der Waals surface area contributed by atoms with E-state index in [9.17, 15) is 14.0 Å². The number of piperidine rings is 1. The summed E-state index contributed by atoms with van der Waals surface area (Å²) >= 11 is 5.84. The number of hydrogen-bond acceptors (Lipinski definition) is 4. The minimum atomic E-state index is -1.37. The standard InChI is InChI=1S/C18H24ClFN2O4/c1-18(2,3)26-17(24)22-8-7-15(14(20)10-22)21-16(23)11-25-13-6-4-5-12(19)9-13/h4-6,9,14-15H,7-8,10-11H2,1-3H3,(H,21,23)/t14-,15-/m1/s1. The number of hydrogen-bond donors (Lipinski definition) is 1. The Morgan fingerprint density at radius 2 is 2.12 bits per heavy atom. The van der Waals surface area contributed by atoms with E-state index in [4.69, 9.17) is 21.1 Å². The molecule has 6 nitrogen and oxygen atoms in total. The smallest absolute Gasteiger partial charge is 0.410 e. The van der Waals surface area contributed by atoms with Crippen LogP contribution in [0.4, 0.5) is 9.18 Å². The maximum atomic E-state index is 14.3. The zero-order valence-electron chi connectivity index (χ0n) is 15.1. The maximum absolute atomic E-state index is 14.3. The highest BCUT2D eigenvalue weighted by Crippen LogP contribution is 2.19. The second-order valence-corrected chi connectivity index (χ2v) is 7.59. The van der Waals surface area contributed by atoms with Crippen LogP contribution in [-0.2, 0) is 9.53 Å². The third-order valence-electron chi connectivity index (χ3n) is 3.71. The predicted octanol–water partition coefficient (Wildman–Crippen LogP) is 3.18. The molecule has 1 fully saturated rings. The summed E-state index contributed by atoms with van der Waals surface area (Å²) in [4.78, 5) is 25.3.